The second-order valence-electron chi connectivity index (χ2n) is 5.36. The van der Waals surface area contributed by atoms with E-state index >= 15 is 0 Å². The molecule has 2 atom stereocenters. The van der Waals surface area contributed by atoms with Crippen LogP contribution in [0.4, 0.5) is 0 Å². The number of hydrogen-bond acceptors (Lipinski definition) is 2. The lowest BCUT2D eigenvalue weighted by molar-refractivity contribution is -0.138. The average Bonchev–Trinajstić information content (AvgIpc) is 2.83. The van der Waals surface area contributed by atoms with Crippen molar-refractivity contribution in [2.45, 2.75) is 39.0 Å². The second-order valence-corrected chi connectivity index (χ2v) is 5.36. The van der Waals surface area contributed by atoms with E-state index in [1.54, 1.807) is 0 Å². The van der Waals surface area contributed by atoms with Crippen LogP contribution in [0, 0.1) is 11.8 Å². The van der Waals surface area contributed by atoms with Crippen LogP contribution >= 0.6 is 0 Å². The van der Waals surface area contributed by atoms with Gasteiger partial charge in [0.15, 0.2) is 0 Å². The molecule has 0 spiro atoms. The van der Waals surface area contributed by atoms with Crippen LogP contribution in [0.1, 0.15) is 38.2 Å². The number of ether oxygens (including phenoxy) is 1. The summed E-state index contributed by atoms with van der Waals surface area (Å²) in [6.07, 6.45) is 4.55. The number of rotatable bonds is 6. The Hall–Kier alpha value is -1.51. The molecular formula is C16H22O3. The molecule has 104 valence electrons. The van der Waals surface area contributed by atoms with E-state index in [0.29, 0.717) is 12.5 Å². The minimum atomic E-state index is -0.691. The average molecular weight is 262 g/mol. The molecule has 1 N–H and O–H groups in total. The number of carboxylic acids is 1. The van der Waals surface area contributed by atoms with Crippen molar-refractivity contribution in [2.24, 2.45) is 11.8 Å². The normalized spacial score (nSPS) is 22.4. The van der Waals surface area contributed by atoms with Crippen LogP contribution in [0.3, 0.4) is 0 Å². The van der Waals surface area contributed by atoms with Gasteiger partial charge in [0.1, 0.15) is 5.75 Å². The Balaban J connectivity index is 1.85. The summed E-state index contributed by atoms with van der Waals surface area (Å²) in [5.74, 6) is 0.872. The fraction of sp³-hybridized carbons (Fsp3) is 0.562. The van der Waals surface area contributed by atoms with E-state index in [0.717, 1.165) is 31.4 Å². The molecule has 19 heavy (non-hydrogen) atoms. The smallest absolute Gasteiger partial charge is 0.303 e. The molecule has 0 bridgehead atoms. The zero-order valence-corrected chi connectivity index (χ0v) is 11.5. The Morgan fingerprint density at radius 3 is 2.58 bits per heavy atom. The summed E-state index contributed by atoms with van der Waals surface area (Å²) >= 11 is 0. The lowest BCUT2D eigenvalue weighted by atomic mass is 9.94. The first-order valence-electron chi connectivity index (χ1n) is 7.12. The molecule has 0 saturated heterocycles. The fourth-order valence-corrected chi connectivity index (χ4v) is 2.85. The third-order valence-corrected chi connectivity index (χ3v) is 4.05. The van der Waals surface area contributed by atoms with Crippen LogP contribution in [0.15, 0.2) is 24.3 Å². The van der Waals surface area contributed by atoms with Crippen LogP contribution < -0.4 is 4.74 Å². The predicted molar refractivity (Wildman–Crippen MR) is 74.4 cm³/mol. The molecule has 1 fully saturated rings. The number of carboxylic acid groups (broad SMARTS) is 1. The molecule has 1 unspecified atom stereocenters. The lowest BCUT2D eigenvalue weighted by Crippen LogP contribution is -2.19. The Morgan fingerprint density at radius 1 is 1.26 bits per heavy atom. The van der Waals surface area contributed by atoms with Gasteiger partial charge in [0.25, 0.3) is 0 Å². The monoisotopic (exact) mass is 262 g/mol. The summed E-state index contributed by atoms with van der Waals surface area (Å²) in [6.45, 7) is 2.77. The second kappa shape index (κ2) is 6.60. The standard InChI is InChI=1S/C16H22O3/c1-2-12-6-8-15(9-7-12)19-11-14-5-3-4-13(14)10-16(17)18/h6-9,13-14H,2-5,10-11H2,1H3,(H,17,18)/t13?,14-/m0/s1. The highest BCUT2D eigenvalue weighted by Gasteiger charge is 2.29. The van der Waals surface area contributed by atoms with Gasteiger partial charge in [0.05, 0.1) is 6.61 Å². The van der Waals surface area contributed by atoms with Gasteiger partial charge in [-0.2, -0.15) is 0 Å². The first-order chi connectivity index (χ1) is 9.19. The van der Waals surface area contributed by atoms with Crippen molar-refractivity contribution >= 4 is 5.97 Å². The zero-order chi connectivity index (χ0) is 13.7. The van der Waals surface area contributed by atoms with Crippen LogP contribution in [0.25, 0.3) is 0 Å². The predicted octanol–water partition coefficient (Wildman–Crippen LogP) is 3.52. The fourth-order valence-electron chi connectivity index (χ4n) is 2.85. The number of aliphatic carboxylic acids is 1. The molecule has 2 rings (SSSR count). The van der Waals surface area contributed by atoms with Gasteiger partial charge >= 0.3 is 5.97 Å². The molecule has 1 aromatic carbocycles. The third kappa shape index (κ3) is 3.98. The van der Waals surface area contributed by atoms with E-state index in [9.17, 15) is 4.79 Å². The van der Waals surface area contributed by atoms with Gasteiger partial charge in [-0.25, -0.2) is 0 Å². The van der Waals surface area contributed by atoms with Crippen molar-refractivity contribution in [3.8, 4) is 5.75 Å². The minimum Gasteiger partial charge on any atom is -0.493 e. The summed E-state index contributed by atoms with van der Waals surface area (Å²) < 4.78 is 5.81. The van der Waals surface area contributed by atoms with Gasteiger partial charge in [0.2, 0.25) is 0 Å². The van der Waals surface area contributed by atoms with E-state index in [1.807, 2.05) is 12.1 Å². The number of aryl methyl sites for hydroxylation is 1. The Bertz CT molecular complexity index is 411. The summed E-state index contributed by atoms with van der Waals surface area (Å²) in [4.78, 5) is 10.8. The van der Waals surface area contributed by atoms with Gasteiger partial charge in [-0.15, -0.1) is 0 Å². The van der Waals surface area contributed by atoms with Crippen LogP contribution in [0.2, 0.25) is 0 Å². The maximum absolute atomic E-state index is 10.8. The first kappa shape index (κ1) is 13.9. The maximum Gasteiger partial charge on any atom is 0.303 e. The third-order valence-electron chi connectivity index (χ3n) is 4.05. The number of carbonyl (C=O) groups is 1. The topological polar surface area (TPSA) is 46.5 Å². The molecule has 0 aliphatic heterocycles. The molecule has 3 heteroatoms. The Morgan fingerprint density at radius 2 is 1.95 bits per heavy atom. The van der Waals surface area contributed by atoms with E-state index in [2.05, 4.69) is 19.1 Å². The van der Waals surface area contributed by atoms with Crippen molar-refractivity contribution in [3.05, 3.63) is 29.8 Å². The molecule has 1 aliphatic carbocycles. The van der Waals surface area contributed by atoms with Crippen molar-refractivity contribution < 1.29 is 14.6 Å². The van der Waals surface area contributed by atoms with Crippen molar-refractivity contribution in [3.63, 3.8) is 0 Å². The number of hydrogen-bond donors (Lipinski definition) is 1. The van der Waals surface area contributed by atoms with E-state index in [-0.39, 0.29) is 12.3 Å². The van der Waals surface area contributed by atoms with Crippen LogP contribution in [-0.4, -0.2) is 17.7 Å². The van der Waals surface area contributed by atoms with E-state index < -0.39 is 5.97 Å². The van der Waals surface area contributed by atoms with Crippen molar-refractivity contribution in [1.82, 2.24) is 0 Å². The molecule has 0 heterocycles. The van der Waals surface area contributed by atoms with Gasteiger partial charge in [0, 0.05) is 6.42 Å². The van der Waals surface area contributed by atoms with Crippen molar-refractivity contribution in [1.29, 1.82) is 0 Å². The Labute approximate surface area is 114 Å². The molecule has 3 nitrogen and oxygen atoms in total. The number of benzene rings is 1. The van der Waals surface area contributed by atoms with E-state index in [1.165, 1.54) is 5.56 Å². The summed E-state index contributed by atoms with van der Waals surface area (Å²) in [5, 5.41) is 8.89. The van der Waals surface area contributed by atoms with Crippen LogP contribution in [-0.2, 0) is 11.2 Å². The largest absolute Gasteiger partial charge is 0.493 e. The molecule has 0 radical (unpaired) electrons. The minimum absolute atomic E-state index is 0.281. The molecular weight excluding hydrogens is 240 g/mol. The maximum atomic E-state index is 10.8. The summed E-state index contributed by atoms with van der Waals surface area (Å²) in [7, 11) is 0. The first-order valence-corrected chi connectivity index (χ1v) is 7.12. The molecule has 0 amide bonds. The van der Waals surface area contributed by atoms with Crippen LogP contribution in [0.5, 0.6) is 5.75 Å². The van der Waals surface area contributed by atoms with Crippen molar-refractivity contribution in [2.75, 3.05) is 6.61 Å². The highest BCUT2D eigenvalue weighted by atomic mass is 16.5. The van der Waals surface area contributed by atoms with Gasteiger partial charge in [-0.05, 0) is 48.8 Å². The van der Waals surface area contributed by atoms with Gasteiger partial charge < -0.3 is 9.84 Å². The summed E-state index contributed by atoms with van der Waals surface area (Å²) in [6, 6.07) is 8.16. The molecule has 1 aromatic rings. The molecule has 0 aromatic heterocycles. The molecule has 1 aliphatic rings. The quantitative estimate of drug-likeness (QED) is 0.853. The SMILES string of the molecule is CCc1ccc(OC[C@@H]2CCCC2CC(=O)O)cc1. The molecule has 1 saturated carbocycles. The highest BCUT2D eigenvalue weighted by Crippen LogP contribution is 2.34. The van der Waals surface area contributed by atoms with Gasteiger partial charge in [-0.1, -0.05) is 25.5 Å². The Kier molecular flexibility index (Phi) is 4.83. The van der Waals surface area contributed by atoms with Gasteiger partial charge in [-0.3, -0.25) is 4.79 Å². The zero-order valence-electron chi connectivity index (χ0n) is 11.5. The summed E-state index contributed by atoms with van der Waals surface area (Å²) in [5.41, 5.74) is 1.30. The lowest BCUT2D eigenvalue weighted by Gasteiger charge is -2.18. The highest BCUT2D eigenvalue weighted by molar-refractivity contribution is 5.67. The van der Waals surface area contributed by atoms with E-state index in [4.69, 9.17) is 9.84 Å².